The highest BCUT2D eigenvalue weighted by Crippen LogP contribution is 2.25. The Morgan fingerprint density at radius 1 is 1.38 bits per heavy atom. The van der Waals surface area contributed by atoms with Crippen molar-refractivity contribution in [3.8, 4) is 5.75 Å². The largest absolute Gasteiger partial charge is 0.496 e. The highest BCUT2D eigenvalue weighted by molar-refractivity contribution is 5.90. The van der Waals surface area contributed by atoms with E-state index in [0.29, 0.717) is 12.2 Å². The summed E-state index contributed by atoms with van der Waals surface area (Å²) in [6.07, 6.45) is 0. The van der Waals surface area contributed by atoms with E-state index in [1.807, 2.05) is 19.9 Å². The van der Waals surface area contributed by atoms with Gasteiger partial charge in [-0.05, 0) is 36.6 Å². The van der Waals surface area contributed by atoms with Crippen molar-refractivity contribution in [2.24, 2.45) is 11.8 Å². The normalized spacial score (nSPS) is 21.2. The molecule has 1 aliphatic heterocycles. The molecule has 2 amide bonds. The second kappa shape index (κ2) is 6.03. The van der Waals surface area contributed by atoms with Crippen molar-refractivity contribution in [2.45, 2.75) is 13.8 Å². The average molecular weight is 292 g/mol. The predicted octanol–water partition coefficient (Wildman–Crippen LogP) is 2.19. The summed E-state index contributed by atoms with van der Waals surface area (Å²) in [5, 5.41) is 11.9. The van der Waals surface area contributed by atoms with E-state index in [4.69, 9.17) is 9.84 Å². The molecule has 114 valence electrons. The quantitative estimate of drug-likeness (QED) is 0.895. The van der Waals surface area contributed by atoms with E-state index < -0.39 is 11.9 Å². The van der Waals surface area contributed by atoms with Gasteiger partial charge in [0.2, 0.25) is 0 Å². The number of hydrogen-bond acceptors (Lipinski definition) is 3. The number of anilines is 1. The summed E-state index contributed by atoms with van der Waals surface area (Å²) < 4.78 is 5.17. The molecule has 1 aromatic rings. The first-order valence-electron chi connectivity index (χ1n) is 6.85. The van der Waals surface area contributed by atoms with Crippen LogP contribution in [0, 0.1) is 18.8 Å². The molecule has 21 heavy (non-hydrogen) atoms. The van der Waals surface area contributed by atoms with E-state index >= 15 is 0 Å². The van der Waals surface area contributed by atoms with E-state index in [1.165, 1.54) is 0 Å². The molecular formula is C15H20N2O4. The zero-order valence-corrected chi connectivity index (χ0v) is 12.4. The number of hydrogen-bond donors (Lipinski definition) is 2. The lowest BCUT2D eigenvalue weighted by Gasteiger charge is -2.17. The smallest absolute Gasteiger partial charge is 0.321 e. The van der Waals surface area contributed by atoms with Crippen LogP contribution < -0.4 is 10.1 Å². The molecule has 1 aliphatic rings. The molecule has 1 aromatic carbocycles. The van der Waals surface area contributed by atoms with Crippen LogP contribution in [0.5, 0.6) is 5.75 Å². The number of carbonyl (C=O) groups is 2. The molecule has 0 saturated carbocycles. The van der Waals surface area contributed by atoms with E-state index in [2.05, 4.69) is 5.32 Å². The summed E-state index contributed by atoms with van der Waals surface area (Å²) in [7, 11) is 1.60. The monoisotopic (exact) mass is 292 g/mol. The van der Waals surface area contributed by atoms with E-state index in [-0.39, 0.29) is 18.5 Å². The molecule has 2 N–H and O–H groups in total. The number of nitrogens with zero attached hydrogens (tertiary/aromatic N) is 1. The fraction of sp³-hybridized carbons (Fsp3) is 0.467. The number of ether oxygens (including phenoxy) is 1. The fourth-order valence-electron chi connectivity index (χ4n) is 2.61. The summed E-state index contributed by atoms with van der Waals surface area (Å²) in [5.41, 5.74) is 1.60. The summed E-state index contributed by atoms with van der Waals surface area (Å²) in [6, 6.07) is 5.11. The van der Waals surface area contributed by atoms with Crippen molar-refractivity contribution in [1.29, 1.82) is 0 Å². The van der Waals surface area contributed by atoms with Gasteiger partial charge < -0.3 is 20.1 Å². The van der Waals surface area contributed by atoms with Crippen molar-refractivity contribution >= 4 is 17.7 Å². The van der Waals surface area contributed by atoms with Gasteiger partial charge in [0.15, 0.2) is 0 Å². The maximum Gasteiger partial charge on any atom is 0.321 e. The molecule has 6 heteroatoms. The van der Waals surface area contributed by atoms with Crippen molar-refractivity contribution in [1.82, 2.24) is 4.90 Å². The molecule has 2 atom stereocenters. The molecule has 2 rings (SSSR count). The summed E-state index contributed by atoms with van der Waals surface area (Å²) in [6.45, 7) is 4.45. The van der Waals surface area contributed by atoms with Gasteiger partial charge in [-0.1, -0.05) is 6.92 Å². The van der Waals surface area contributed by atoms with Gasteiger partial charge in [-0.3, -0.25) is 4.79 Å². The standard InChI is InChI=1S/C15H20N2O4/c1-9-6-11(4-5-13(9)21-3)16-15(20)17-7-10(2)12(8-17)14(18)19/h4-6,10,12H,7-8H2,1-3H3,(H,16,20)(H,18,19). The minimum absolute atomic E-state index is 0.0362. The number of carboxylic acids is 1. The van der Waals surface area contributed by atoms with Crippen molar-refractivity contribution in [3.05, 3.63) is 23.8 Å². The first-order valence-corrected chi connectivity index (χ1v) is 6.85. The van der Waals surface area contributed by atoms with Gasteiger partial charge in [-0.25, -0.2) is 4.79 Å². The van der Waals surface area contributed by atoms with Crippen LogP contribution in [0.15, 0.2) is 18.2 Å². The third-order valence-electron chi connectivity index (χ3n) is 3.86. The van der Waals surface area contributed by atoms with E-state index in [9.17, 15) is 9.59 Å². The van der Waals surface area contributed by atoms with E-state index in [0.717, 1.165) is 11.3 Å². The Labute approximate surface area is 123 Å². The summed E-state index contributed by atoms with van der Waals surface area (Å²) in [5.74, 6) is -0.619. The maximum absolute atomic E-state index is 12.2. The second-order valence-corrected chi connectivity index (χ2v) is 5.44. The predicted molar refractivity (Wildman–Crippen MR) is 78.6 cm³/mol. The molecule has 2 unspecified atom stereocenters. The SMILES string of the molecule is COc1ccc(NC(=O)N2CC(C)C(C(=O)O)C2)cc1C. The van der Waals surface area contributed by atoms with Crippen LogP contribution in [-0.2, 0) is 4.79 Å². The van der Waals surface area contributed by atoms with Crippen LogP contribution in [0.1, 0.15) is 12.5 Å². The minimum Gasteiger partial charge on any atom is -0.496 e. The topological polar surface area (TPSA) is 78.9 Å². The number of methoxy groups -OCH3 is 1. The second-order valence-electron chi connectivity index (χ2n) is 5.44. The number of urea groups is 1. The molecule has 6 nitrogen and oxygen atoms in total. The molecule has 0 radical (unpaired) electrons. The van der Waals surface area contributed by atoms with Gasteiger partial charge in [0.05, 0.1) is 13.0 Å². The highest BCUT2D eigenvalue weighted by atomic mass is 16.5. The van der Waals surface area contributed by atoms with Crippen LogP contribution >= 0.6 is 0 Å². The van der Waals surface area contributed by atoms with Gasteiger partial charge in [-0.2, -0.15) is 0 Å². The van der Waals surface area contributed by atoms with Gasteiger partial charge in [0, 0.05) is 18.8 Å². The Morgan fingerprint density at radius 2 is 2.10 bits per heavy atom. The Morgan fingerprint density at radius 3 is 2.62 bits per heavy atom. The first kappa shape index (κ1) is 15.2. The lowest BCUT2D eigenvalue weighted by molar-refractivity contribution is -0.142. The number of amides is 2. The summed E-state index contributed by atoms with van der Waals surface area (Å²) >= 11 is 0. The van der Waals surface area contributed by atoms with Crippen molar-refractivity contribution in [3.63, 3.8) is 0 Å². The van der Waals surface area contributed by atoms with Gasteiger partial charge in [-0.15, -0.1) is 0 Å². The molecule has 1 fully saturated rings. The third-order valence-corrected chi connectivity index (χ3v) is 3.86. The molecule has 0 aromatic heterocycles. The molecular weight excluding hydrogens is 272 g/mol. The minimum atomic E-state index is -0.849. The van der Waals surface area contributed by atoms with Crippen LogP contribution in [-0.4, -0.2) is 42.2 Å². The molecule has 0 spiro atoms. The molecule has 1 heterocycles. The van der Waals surface area contributed by atoms with Crippen molar-refractivity contribution in [2.75, 3.05) is 25.5 Å². The Bertz CT molecular complexity index is 559. The number of carboxylic acid groups (broad SMARTS) is 1. The van der Waals surface area contributed by atoms with Crippen LogP contribution in [0.3, 0.4) is 0 Å². The third kappa shape index (κ3) is 3.26. The number of likely N-dealkylation sites (tertiary alicyclic amines) is 1. The Hall–Kier alpha value is -2.24. The number of rotatable bonds is 3. The molecule has 0 aliphatic carbocycles. The van der Waals surface area contributed by atoms with E-state index in [1.54, 1.807) is 24.1 Å². The first-order chi connectivity index (χ1) is 9.92. The molecule has 1 saturated heterocycles. The Balaban J connectivity index is 2.02. The number of carbonyl (C=O) groups excluding carboxylic acids is 1. The van der Waals surface area contributed by atoms with Crippen molar-refractivity contribution < 1.29 is 19.4 Å². The van der Waals surface area contributed by atoms with Gasteiger partial charge in [0.1, 0.15) is 5.75 Å². The zero-order chi connectivity index (χ0) is 15.6. The highest BCUT2D eigenvalue weighted by Gasteiger charge is 2.36. The number of benzene rings is 1. The zero-order valence-electron chi connectivity index (χ0n) is 12.4. The number of aryl methyl sites for hydroxylation is 1. The average Bonchev–Trinajstić information content (AvgIpc) is 2.81. The van der Waals surface area contributed by atoms with Crippen LogP contribution in [0.25, 0.3) is 0 Å². The molecule has 0 bridgehead atoms. The maximum atomic E-state index is 12.2. The van der Waals surface area contributed by atoms with Gasteiger partial charge >= 0.3 is 12.0 Å². The lowest BCUT2D eigenvalue weighted by Crippen LogP contribution is -2.33. The van der Waals surface area contributed by atoms with Crippen LogP contribution in [0.4, 0.5) is 10.5 Å². The fourth-order valence-corrected chi connectivity index (χ4v) is 2.61. The number of nitrogens with one attached hydrogen (secondary N) is 1. The van der Waals surface area contributed by atoms with Gasteiger partial charge in [0.25, 0.3) is 0 Å². The summed E-state index contributed by atoms with van der Waals surface area (Å²) in [4.78, 5) is 24.8. The Kier molecular flexibility index (Phi) is 4.35. The lowest BCUT2D eigenvalue weighted by atomic mass is 9.99. The number of aliphatic carboxylic acids is 1. The van der Waals surface area contributed by atoms with Crippen LogP contribution in [0.2, 0.25) is 0 Å².